The predicted octanol–water partition coefficient (Wildman–Crippen LogP) is 2.19. The Morgan fingerprint density at radius 1 is 1.35 bits per heavy atom. The molecule has 0 atom stereocenters. The molecule has 0 bridgehead atoms. The Kier molecular flexibility index (Phi) is 4.63. The second-order valence-electron chi connectivity index (χ2n) is 3.51. The quantitative estimate of drug-likeness (QED) is 0.874. The normalized spacial score (nSPS) is 9.65. The number of nitrogens with zero attached hydrogens (tertiary/aromatic N) is 1. The molecule has 5 nitrogen and oxygen atoms in total. The Balaban J connectivity index is 2.91. The lowest BCUT2D eigenvalue weighted by Crippen LogP contribution is -2.31. The van der Waals surface area contributed by atoms with E-state index in [0.29, 0.717) is 23.7 Å². The van der Waals surface area contributed by atoms with Gasteiger partial charge in [-0.05, 0) is 19.1 Å². The van der Waals surface area contributed by atoms with E-state index in [-0.39, 0.29) is 6.03 Å². The smallest absolute Gasteiger partial charge is 0.321 e. The van der Waals surface area contributed by atoms with E-state index in [1.165, 1.54) is 0 Å². The number of anilines is 1. The maximum Gasteiger partial charge on any atom is 0.321 e. The van der Waals surface area contributed by atoms with Crippen LogP contribution in [0.4, 0.5) is 10.5 Å². The largest absolute Gasteiger partial charge is 0.497 e. The molecule has 0 saturated carbocycles. The van der Waals surface area contributed by atoms with E-state index in [1.54, 1.807) is 44.4 Å². The summed E-state index contributed by atoms with van der Waals surface area (Å²) >= 11 is 0. The van der Waals surface area contributed by atoms with Crippen molar-refractivity contribution in [3.05, 3.63) is 18.2 Å². The van der Waals surface area contributed by atoms with Crippen molar-refractivity contribution in [2.75, 3.05) is 33.1 Å². The molecule has 0 aliphatic heterocycles. The van der Waals surface area contributed by atoms with Gasteiger partial charge in [-0.1, -0.05) is 0 Å². The highest BCUT2D eigenvalue weighted by Gasteiger charge is 2.11. The van der Waals surface area contributed by atoms with Crippen LogP contribution < -0.4 is 14.8 Å². The second kappa shape index (κ2) is 5.98. The van der Waals surface area contributed by atoms with Gasteiger partial charge in [0.2, 0.25) is 0 Å². The number of urea groups is 1. The van der Waals surface area contributed by atoms with Crippen LogP contribution in [0.3, 0.4) is 0 Å². The Morgan fingerprint density at radius 3 is 2.59 bits per heavy atom. The summed E-state index contributed by atoms with van der Waals surface area (Å²) in [7, 11) is 4.86. The highest BCUT2D eigenvalue weighted by atomic mass is 16.5. The minimum absolute atomic E-state index is 0.181. The van der Waals surface area contributed by atoms with Gasteiger partial charge in [-0.25, -0.2) is 4.79 Å². The molecule has 1 rings (SSSR count). The van der Waals surface area contributed by atoms with Gasteiger partial charge in [0.1, 0.15) is 11.5 Å². The van der Waals surface area contributed by atoms with Gasteiger partial charge in [-0.15, -0.1) is 0 Å². The lowest BCUT2D eigenvalue weighted by molar-refractivity contribution is 0.224. The lowest BCUT2D eigenvalue weighted by Gasteiger charge is -2.17. The van der Waals surface area contributed by atoms with E-state index < -0.39 is 0 Å². The molecular formula is C12H18N2O3. The van der Waals surface area contributed by atoms with Crippen LogP contribution in [0, 0.1) is 0 Å². The van der Waals surface area contributed by atoms with Crippen molar-refractivity contribution >= 4 is 11.7 Å². The Bertz CT molecular complexity index is 393. The summed E-state index contributed by atoms with van der Waals surface area (Å²) in [4.78, 5) is 13.3. The van der Waals surface area contributed by atoms with Crippen LogP contribution >= 0.6 is 0 Å². The number of carbonyl (C=O) groups excluding carboxylic acids is 1. The third-order valence-corrected chi connectivity index (χ3v) is 2.47. The summed E-state index contributed by atoms with van der Waals surface area (Å²) in [6.45, 7) is 2.54. The SMILES string of the molecule is CCN(C)C(=O)Nc1cc(OC)ccc1OC. The average molecular weight is 238 g/mol. The highest BCUT2D eigenvalue weighted by Crippen LogP contribution is 2.28. The molecule has 1 N–H and O–H groups in total. The summed E-state index contributed by atoms with van der Waals surface area (Å²) in [6.07, 6.45) is 0. The zero-order chi connectivity index (χ0) is 12.8. The molecule has 0 unspecified atom stereocenters. The number of hydrogen-bond donors (Lipinski definition) is 1. The van der Waals surface area contributed by atoms with E-state index in [0.717, 1.165) is 0 Å². The second-order valence-corrected chi connectivity index (χ2v) is 3.51. The van der Waals surface area contributed by atoms with Gasteiger partial charge in [-0.3, -0.25) is 0 Å². The van der Waals surface area contributed by atoms with E-state index in [4.69, 9.17) is 9.47 Å². The predicted molar refractivity (Wildman–Crippen MR) is 66.9 cm³/mol. The first-order chi connectivity index (χ1) is 8.12. The molecule has 0 aliphatic carbocycles. The van der Waals surface area contributed by atoms with Gasteiger partial charge < -0.3 is 19.7 Å². The number of amides is 2. The summed E-state index contributed by atoms with van der Waals surface area (Å²) in [5.74, 6) is 1.27. The fourth-order valence-corrected chi connectivity index (χ4v) is 1.27. The Hall–Kier alpha value is -1.91. The van der Waals surface area contributed by atoms with Gasteiger partial charge in [0.25, 0.3) is 0 Å². The summed E-state index contributed by atoms with van der Waals surface area (Å²) in [5.41, 5.74) is 0.595. The average Bonchev–Trinajstić information content (AvgIpc) is 2.37. The van der Waals surface area contributed by atoms with Crippen molar-refractivity contribution in [1.29, 1.82) is 0 Å². The first kappa shape index (κ1) is 13.2. The number of benzene rings is 1. The molecule has 0 fully saturated rings. The van der Waals surface area contributed by atoms with Crippen LogP contribution in [-0.2, 0) is 0 Å². The Labute approximate surface area is 101 Å². The summed E-state index contributed by atoms with van der Waals surface area (Å²) in [5, 5.41) is 2.77. The van der Waals surface area contributed by atoms with Crippen molar-refractivity contribution in [3.8, 4) is 11.5 Å². The first-order valence-electron chi connectivity index (χ1n) is 5.36. The number of carbonyl (C=O) groups is 1. The molecule has 0 saturated heterocycles. The molecule has 0 radical (unpaired) electrons. The molecule has 0 aromatic heterocycles. The number of hydrogen-bond acceptors (Lipinski definition) is 3. The van der Waals surface area contributed by atoms with E-state index in [9.17, 15) is 4.79 Å². The molecule has 0 heterocycles. The fourth-order valence-electron chi connectivity index (χ4n) is 1.27. The number of rotatable bonds is 4. The zero-order valence-corrected chi connectivity index (χ0v) is 10.6. The van der Waals surface area contributed by atoms with Crippen LogP contribution in [0.2, 0.25) is 0 Å². The fraction of sp³-hybridized carbons (Fsp3) is 0.417. The molecule has 5 heteroatoms. The first-order valence-corrected chi connectivity index (χ1v) is 5.36. The highest BCUT2D eigenvalue weighted by molar-refractivity contribution is 5.91. The topological polar surface area (TPSA) is 50.8 Å². The maximum absolute atomic E-state index is 11.7. The molecule has 17 heavy (non-hydrogen) atoms. The van der Waals surface area contributed by atoms with Gasteiger partial charge in [0, 0.05) is 19.7 Å². The summed E-state index contributed by atoms with van der Waals surface area (Å²) < 4.78 is 10.3. The third-order valence-electron chi connectivity index (χ3n) is 2.47. The van der Waals surface area contributed by atoms with Gasteiger partial charge >= 0.3 is 6.03 Å². The minimum Gasteiger partial charge on any atom is -0.497 e. The summed E-state index contributed by atoms with van der Waals surface area (Å²) in [6, 6.07) is 5.07. The van der Waals surface area contributed by atoms with Crippen molar-refractivity contribution < 1.29 is 14.3 Å². The van der Waals surface area contributed by atoms with Crippen LogP contribution in [0.25, 0.3) is 0 Å². The van der Waals surface area contributed by atoms with E-state index in [2.05, 4.69) is 5.32 Å². The molecule has 1 aromatic rings. The van der Waals surface area contributed by atoms with Crippen molar-refractivity contribution in [1.82, 2.24) is 4.90 Å². The third kappa shape index (κ3) is 3.27. The van der Waals surface area contributed by atoms with Crippen LogP contribution in [0.15, 0.2) is 18.2 Å². The van der Waals surface area contributed by atoms with Crippen LogP contribution in [-0.4, -0.2) is 38.7 Å². The number of ether oxygens (including phenoxy) is 2. The molecule has 2 amide bonds. The molecule has 1 aromatic carbocycles. The number of nitrogens with one attached hydrogen (secondary N) is 1. The maximum atomic E-state index is 11.7. The molecule has 0 aliphatic rings. The van der Waals surface area contributed by atoms with Crippen molar-refractivity contribution in [2.24, 2.45) is 0 Å². The zero-order valence-electron chi connectivity index (χ0n) is 10.6. The van der Waals surface area contributed by atoms with Gasteiger partial charge in [-0.2, -0.15) is 0 Å². The van der Waals surface area contributed by atoms with Crippen molar-refractivity contribution in [3.63, 3.8) is 0 Å². The van der Waals surface area contributed by atoms with E-state index >= 15 is 0 Å². The Morgan fingerprint density at radius 2 is 2.06 bits per heavy atom. The van der Waals surface area contributed by atoms with Crippen LogP contribution in [0.5, 0.6) is 11.5 Å². The minimum atomic E-state index is -0.181. The molecular weight excluding hydrogens is 220 g/mol. The van der Waals surface area contributed by atoms with Gasteiger partial charge in [0.15, 0.2) is 0 Å². The van der Waals surface area contributed by atoms with Crippen LogP contribution in [0.1, 0.15) is 6.92 Å². The number of methoxy groups -OCH3 is 2. The monoisotopic (exact) mass is 238 g/mol. The lowest BCUT2D eigenvalue weighted by atomic mass is 10.2. The van der Waals surface area contributed by atoms with E-state index in [1.807, 2.05) is 6.92 Å². The standard InChI is InChI=1S/C12H18N2O3/c1-5-14(2)12(15)13-10-8-9(16-3)6-7-11(10)17-4/h6-8H,5H2,1-4H3,(H,13,15). The molecule has 94 valence electrons. The van der Waals surface area contributed by atoms with Crippen molar-refractivity contribution in [2.45, 2.75) is 6.92 Å². The molecule has 0 spiro atoms. The van der Waals surface area contributed by atoms with Gasteiger partial charge in [0.05, 0.1) is 19.9 Å².